The molecule has 0 fully saturated rings. The summed E-state index contributed by atoms with van der Waals surface area (Å²) in [5, 5.41) is 2.68. The molecule has 2 aromatic carbocycles. The van der Waals surface area contributed by atoms with Crippen LogP contribution >= 0.6 is 0 Å². The monoisotopic (exact) mass is 309 g/mol. The van der Waals surface area contributed by atoms with Crippen LogP contribution in [0.2, 0.25) is 6.04 Å². The highest BCUT2D eigenvalue weighted by atomic mass is 28.3. The zero-order valence-electron chi connectivity index (χ0n) is 13.1. The number of carbonyl (C=O) groups is 1. The Labute approximate surface area is 134 Å². The molecule has 0 heterocycles. The summed E-state index contributed by atoms with van der Waals surface area (Å²) in [5.41, 5.74) is 1.70. The van der Waals surface area contributed by atoms with Crippen LogP contribution in [-0.4, -0.2) is 21.4 Å². The maximum Gasteiger partial charge on any atom is 0.333 e. The van der Waals surface area contributed by atoms with Crippen molar-refractivity contribution in [1.82, 2.24) is 0 Å². The molecule has 0 aliphatic carbocycles. The van der Waals surface area contributed by atoms with Gasteiger partial charge in [0, 0.05) is 5.57 Å². The second kappa shape index (κ2) is 7.76. The third-order valence-corrected chi connectivity index (χ3v) is 6.22. The van der Waals surface area contributed by atoms with Crippen LogP contribution in [0.25, 0.3) is 0 Å². The molecule has 2 aromatic rings. The van der Waals surface area contributed by atoms with Crippen molar-refractivity contribution >= 4 is 25.1 Å². The van der Waals surface area contributed by atoms with Crippen LogP contribution in [-0.2, 0) is 9.53 Å². The van der Waals surface area contributed by atoms with Crippen molar-refractivity contribution in [3.8, 4) is 0 Å². The Kier molecular flexibility index (Phi) is 5.73. The fourth-order valence-corrected chi connectivity index (χ4v) is 4.60. The predicted molar refractivity (Wildman–Crippen MR) is 93.2 cm³/mol. The molecule has 0 amide bonds. The molecule has 0 unspecified atom stereocenters. The molecule has 0 aliphatic heterocycles. The molecule has 2 rings (SSSR count). The fourth-order valence-electron chi connectivity index (χ4n) is 2.22. The van der Waals surface area contributed by atoms with E-state index < -0.39 is 8.80 Å². The second-order valence-electron chi connectivity index (χ2n) is 5.38. The van der Waals surface area contributed by atoms with Crippen molar-refractivity contribution in [2.75, 3.05) is 6.61 Å². The first-order chi connectivity index (χ1) is 10.6. The lowest BCUT2D eigenvalue weighted by atomic mass is 10.2. The van der Waals surface area contributed by atoms with Gasteiger partial charge in [0.05, 0.1) is 6.61 Å². The van der Waals surface area contributed by atoms with E-state index >= 15 is 0 Å². The van der Waals surface area contributed by atoms with Crippen LogP contribution in [0.15, 0.2) is 66.7 Å². The minimum Gasteiger partial charge on any atom is -0.463 e. The Balaban J connectivity index is 2.14. The summed E-state index contributed by atoms with van der Waals surface area (Å²) in [6, 6.07) is 20.0. The molecule has 0 saturated carbocycles. The molecule has 113 valence electrons. The average Bonchev–Trinajstić information content (AvgIpc) is 2.53. The van der Waals surface area contributed by atoms with Gasteiger partial charge in [0.25, 0.3) is 0 Å². The van der Waals surface area contributed by atoms with Crippen LogP contribution in [0.3, 0.4) is 0 Å². The van der Waals surface area contributed by atoms with E-state index in [2.05, 4.69) is 62.0 Å². The third-order valence-electron chi connectivity index (χ3n) is 3.46. The van der Waals surface area contributed by atoms with E-state index in [1.807, 2.05) is 6.07 Å². The Morgan fingerprint density at radius 2 is 1.64 bits per heavy atom. The van der Waals surface area contributed by atoms with Crippen LogP contribution in [0.1, 0.15) is 12.5 Å². The summed E-state index contributed by atoms with van der Waals surface area (Å²) in [4.78, 5) is 11.5. The number of aryl methyl sites for hydroxylation is 1. The Morgan fingerprint density at radius 1 is 1.05 bits per heavy atom. The van der Waals surface area contributed by atoms with E-state index in [0.717, 1.165) is 6.04 Å². The first-order valence-electron chi connectivity index (χ1n) is 7.39. The highest BCUT2D eigenvalue weighted by Gasteiger charge is 2.17. The number of carbonyl (C=O) groups excluding carboxylic acids is 1. The third kappa shape index (κ3) is 4.43. The summed E-state index contributed by atoms with van der Waals surface area (Å²) < 4.78 is 5.29. The molecule has 0 aliphatic rings. The second-order valence-corrected chi connectivity index (χ2v) is 7.99. The summed E-state index contributed by atoms with van der Waals surface area (Å²) in [5.74, 6) is -0.307. The Bertz CT molecular complexity index is 632. The smallest absolute Gasteiger partial charge is 0.333 e. The maximum atomic E-state index is 11.5. The highest BCUT2D eigenvalue weighted by molar-refractivity contribution is 6.85. The predicted octanol–water partition coefficient (Wildman–Crippen LogP) is 2.72. The van der Waals surface area contributed by atoms with Crippen molar-refractivity contribution in [2.24, 2.45) is 0 Å². The minimum atomic E-state index is -0.944. The minimum absolute atomic E-state index is 0.307. The van der Waals surface area contributed by atoms with Gasteiger partial charge < -0.3 is 4.74 Å². The topological polar surface area (TPSA) is 26.3 Å². The molecule has 0 atom stereocenters. The lowest BCUT2D eigenvalue weighted by Gasteiger charge is -2.16. The SMILES string of the molecule is C=C(C)C(=O)OCC[Si](c1ccccc1)c1ccc(C)cc1. The zero-order chi connectivity index (χ0) is 15.9. The van der Waals surface area contributed by atoms with E-state index in [0.29, 0.717) is 12.2 Å². The van der Waals surface area contributed by atoms with Gasteiger partial charge in [0.2, 0.25) is 0 Å². The van der Waals surface area contributed by atoms with Gasteiger partial charge in [0.15, 0.2) is 0 Å². The summed E-state index contributed by atoms with van der Waals surface area (Å²) >= 11 is 0. The van der Waals surface area contributed by atoms with Crippen LogP contribution in [0, 0.1) is 6.92 Å². The fraction of sp³-hybridized carbons (Fsp3) is 0.211. The standard InChI is InChI=1S/C19H21O2Si/c1-15(2)19(20)21-13-14-22(17-7-5-4-6-8-17)18-11-9-16(3)10-12-18/h4-12H,1,13-14H2,2-3H3. The lowest BCUT2D eigenvalue weighted by Crippen LogP contribution is -2.42. The van der Waals surface area contributed by atoms with Crippen molar-refractivity contribution in [1.29, 1.82) is 0 Å². The summed E-state index contributed by atoms with van der Waals surface area (Å²) in [6.45, 7) is 7.81. The summed E-state index contributed by atoms with van der Waals surface area (Å²) in [6.07, 6.45) is 0. The van der Waals surface area contributed by atoms with Gasteiger partial charge in [-0.3, -0.25) is 0 Å². The van der Waals surface area contributed by atoms with Gasteiger partial charge in [-0.1, -0.05) is 77.1 Å². The van der Waals surface area contributed by atoms with Crippen molar-refractivity contribution < 1.29 is 9.53 Å². The van der Waals surface area contributed by atoms with Crippen molar-refractivity contribution in [2.45, 2.75) is 19.9 Å². The van der Waals surface area contributed by atoms with E-state index in [9.17, 15) is 4.79 Å². The molecule has 22 heavy (non-hydrogen) atoms. The quantitative estimate of drug-likeness (QED) is 0.466. The molecule has 1 radical (unpaired) electrons. The van der Waals surface area contributed by atoms with Gasteiger partial charge in [-0.05, 0) is 19.9 Å². The Hall–Kier alpha value is -2.13. The number of rotatable bonds is 6. The van der Waals surface area contributed by atoms with Gasteiger partial charge in [-0.25, -0.2) is 4.79 Å². The first-order valence-corrected chi connectivity index (χ1v) is 9.09. The van der Waals surface area contributed by atoms with Crippen molar-refractivity contribution in [3.05, 3.63) is 72.3 Å². The molecule has 0 bridgehead atoms. The van der Waals surface area contributed by atoms with E-state index in [1.54, 1.807) is 6.92 Å². The Morgan fingerprint density at radius 3 is 2.23 bits per heavy atom. The van der Waals surface area contributed by atoms with Crippen LogP contribution in [0.5, 0.6) is 0 Å². The van der Waals surface area contributed by atoms with E-state index in [4.69, 9.17) is 4.74 Å². The van der Waals surface area contributed by atoms with Gasteiger partial charge in [-0.2, -0.15) is 0 Å². The molecule has 2 nitrogen and oxygen atoms in total. The number of hydrogen-bond donors (Lipinski definition) is 0. The van der Waals surface area contributed by atoms with Gasteiger partial charge >= 0.3 is 5.97 Å². The van der Waals surface area contributed by atoms with Crippen molar-refractivity contribution in [3.63, 3.8) is 0 Å². The molecule has 0 saturated heterocycles. The van der Waals surface area contributed by atoms with E-state index in [-0.39, 0.29) is 5.97 Å². The molecular weight excluding hydrogens is 288 g/mol. The lowest BCUT2D eigenvalue weighted by molar-refractivity contribution is -0.138. The molecule has 0 spiro atoms. The molecule has 0 aromatic heterocycles. The highest BCUT2D eigenvalue weighted by Crippen LogP contribution is 2.02. The van der Waals surface area contributed by atoms with Gasteiger partial charge in [-0.15, -0.1) is 0 Å². The summed E-state index contributed by atoms with van der Waals surface area (Å²) in [7, 11) is -0.944. The average molecular weight is 309 g/mol. The number of benzene rings is 2. The number of ether oxygens (including phenoxy) is 1. The number of hydrogen-bond acceptors (Lipinski definition) is 2. The maximum absolute atomic E-state index is 11.5. The number of esters is 1. The van der Waals surface area contributed by atoms with Crippen LogP contribution < -0.4 is 10.4 Å². The van der Waals surface area contributed by atoms with E-state index in [1.165, 1.54) is 15.9 Å². The molecule has 3 heteroatoms. The normalized spacial score (nSPS) is 10.5. The zero-order valence-corrected chi connectivity index (χ0v) is 14.1. The first kappa shape index (κ1) is 16.2. The molecule has 0 N–H and O–H groups in total. The van der Waals surface area contributed by atoms with Gasteiger partial charge in [0.1, 0.15) is 8.80 Å². The largest absolute Gasteiger partial charge is 0.463 e. The van der Waals surface area contributed by atoms with Crippen LogP contribution in [0.4, 0.5) is 0 Å². The molecular formula is C19H21O2Si.